The molecule has 13 heteroatoms. The number of hydrogen-bond donors (Lipinski definition) is 2. The number of rotatable bonds is 4. The topological polar surface area (TPSA) is 75.6 Å². The van der Waals surface area contributed by atoms with E-state index in [9.17, 15) is 35.5 Å². The van der Waals surface area contributed by atoms with Gasteiger partial charge in [-0.25, -0.2) is 17.6 Å². The third-order valence-corrected chi connectivity index (χ3v) is 3.52. The lowest BCUT2D eigenvalue weighted by Crippen LogP contribution is -2.14. The first-order valence-electron chi connectivity index (χ1n) is 7.35. The first kappa shape index (κ1) is 19.4. The Hall–Kier alpha value is -3.38. The van der Waals surface area contributed by atoms with Crippen molar-refractivity contribution in [2.24, 2.45) is 0 Å². The van der Waals surface area contributed by atoms with E-state index in [0.717, 1.165) is 16.9 Å². The smallest absolute Gasteiger partial charge is 0.304 e. The van der Waals surface area contributed by atoms with Crippen molar-refractivity contribution in [3.05, 3.63) is 64.6 Å². The monoisotopic (exact) mass is 407 g/mol. The minimum Gasteiger partial charge on any atom is -0.304 e. The van der Waals surface area contributed by atoms with E-state index in [1.54, 1.807) is 5.10 Å². The number of hydrogen-bond acceptors (Lipinski definition) is 3. The lowest BCUT2D eigenvalue weighted by molar-refractivity contribution is -0.141. The molecule has 0 bridgehead atoms. The van der Waals surface area contributed by atoms with Gasteiger partial charge in [-0.2, -0.15) is 23.4 Å². The number of nitrogens with one attached hydrogen (secondary N) is 2. The molecule has 1 amide bonds. The molecular formula is C15H8F7N5O. The molecule has 0 atom stereocenters. The summed E-state index contributed by atoms with van der Waals surface area (Å²) in [5, 5.41) is 10.7. The average Bonchev–Trinajstić information content (AvgIpc) is 3.26. The van der Waals surface area contributed by atoms with E-state index in [-0.39, 0.29) is 11.9 Å². The van der Waals surface area contributed by atoms with Gasteiger partial charge in [0.2, 0.25) is 0 Å². The Morgan fingerprint density at radius 2 is 1.75 bits per heavy atom. The van der Waals surface area contributed by atoms with Crippen LogP contribution in [0.1, 0.15) is 21.7 Å². The zero-order valence-corrected chi connectivity index (χ0v) is 13.4. The molecule has 2 aromatic heterocycles. The molecule has 0 spiro atoms. The van der Waals surface area contributed by atoms with Gasteiger partial charge in [0.25, 0.3) is 5.91 Å². The van der Waals surface area contributed by atoms with Gasteiger partial charge in [0.1, 0.15) is 5.69 Å². The van der Waals surface area contributed by atoms with Crippen LogP contribution in [0.4, 0.5) is 36.6 Å². The molecule has 3 rings (SSSR count). The van der Waals surface area contributed by atoms with Crippen LogP contribution in [-0.4, -0.2) is 25.9 Å². The van der Waals surface area contributed by atoms with Gasteiger partial charge in [-0.05, 0) is 0 Å². The lowest BCUT2D eigenvalue weighted by atomic mass is 10.2. The SMILES string of the molecule is O=C(Nc1ccn(Cc2c(F)c(F)cc(F)c2F)n1)c1cc(C(F)(F)F)[nH]n1. The number of H-pyrrole nitrogens is 1. The van der Waals surface area contributed by atoms with Crippen molar-refractivity contribution in [3.8, 4) is 0 Å². The highest BCUT2D eigenvalue weighted by molar-refractivity contribution is 6.02. The van der Waals surface area contributed by atoms with Crippen LogP contribution in [0.5, 0.6) is 0 Å². The number of carbonyl (C=O) groups is 1. The number of amides is 1. The van der Waals surface area contributed by atoms with Crippen molar-refractivity contribution in [1.82, 2.24) is 20.0 Å². The van der Waals surface area contributed by atoms with Crippen molar-refractivity contribution in [1.29, 1.82) is 0 Å². The van der Waals surface area contributed by atoms with Gasteiger partial charge in [0.05, 0.1) is 12.1 Å². The van der Waals surface area contributed by atoms with Gasteiger partial charge in [-0.1, -0.05) is 0 Å². The molecule has 0 saturated carbocycles. The minimum atomic E-state index is -4.72. The molecule has 0 unspecified atom stereocenters. The van der Waals surface area contributed by atoms with Gasteiger partial charge < -0.3 is 5.32 Å². The number of aromatic nitrogens is 4. The number of nitrogens with zero attached hydrogens (tertiary/aromatic N) is 3. The number of aromatic amines is 1. The largest absolute Gasteiger partial charge is 0.432 e. The molecule has 0 fully saturated rings. The third kappa shape index (κ3) is 3.82. The van der Waals surface area contributed by atoms with E-state index in [0.29, 0.717) is 6.07 Å². The van der Waals surface area contributed by atoms with E-state index in [1.165, 1.54) is 0 Å². The number of benzene rings is 1. The molecule has 3 aromatic rings. The minimum absolute atomic E-state index is 0.0575. The third-order valence-electron chi connectivity index (χ3n) is 3.52. The maximum Gasteiger partial charge on any atom is 0.432 e. The van der Waals surface area contributed by atoms with Crippen molar-refractivity contribution < 1.29 is 35.5 Å². The second-order valence-corrected chi connectivity index (χ2v) is 5.46. The molecular weight excluding hydrogens is 399 g/mol. The molecule has 0 aliphatic carbocycles. The molecule has 6 nitrogen and oxygen atoms in total. The maximum absolute atomic E-state index is 13.7. The molecule has 0 saturated heterocycles. The summed E-state index contributed by atoms with van der Waals surface area (Å²) in [7, 11) is 0. The Balaban J connectivity index is 1.75. The van der Waals surface area contributed by atoms with Crippen LogP contribution < -0.4 is 5.32 Å². The fourth-order valence-electron chi connectivity index (χ4n) is 2.20. The maximum atomic E-state index is 13.7. The molecule has 1 aromatic carbocycles. The van der Waals surface area contributed by atoms with Crippen LogP contribution in [0.15, 0.2) is 24.4 Å². The summed E-state index contributed by atoms with van der Waals surface area (Å²) in [6.07, 6.45) is -3.59. The standard InChI is InChI=1S/C15H8F7N5O/c16-7-3-8(17)13(19)6(12(7)18)5-27-2-1-11(26-27)23-14(28)9-4-10(25-24-9)15(20,21)22/h1-4H,5H2,(H,24,25)(H,23,26,28). The summed E-state index contributed by atoms with van der Waals surface area (Å²) in [6.45, 7) is -0.706. The van der Waals surface area contributed by atoms with Crippen LogP contribution in [0.25, 0.3) is 0 Å². The molecule has 0 aliphatic heterocycles. The van der Waals surface area contributed by atoms with Crippen molar-refractivity contribution in [2.75, 3.05) is 5.32 Å². The Morgan fingerprint density at radius 1 is 1.11 bits per heavy atom. The summed E-state index contributed by atoms with van der Waals surface area (Å²) in [6, 6.07) is 1.69. The van der Waals surface area contributed by atoms with Crippen LogP contribution >= 0.6 is 0 Å². The fraction of sp³-hybridized carbons (Fsp3) is 0.133. The predicted octanol–water partition coefficient (Wildman–Crippen LogP) is 3.48. The lowest BCUT2D eigenvalue weighted by Gasteiger charge is -2.07. The average molecular weight is 407 g/mol. The second-order valence-electron chi connectivity index (χ2n) is 5.46. The van der Waals surface area contributed by atoms with Crippen molar-refractivity contribution in [2.45, 2.75) is 12.7 Å². The first-order chi connectivity index (χ1) is 13.1. The predicted molar refractivity (Wildman–Crippen MR) is 79.1 cm³/mol. The molecule has 0 radical (unpaired) electrons. The Kier molecular flexibility index (Phi) is 4.83. The first-order valence-corrected chi connectivity index (χ1v) is 7.35. The van der Waals surface area contributed by atoms with Crippen LogP contribution in [0, 0.1) is 23.3 Å². The molecule has 0 aliphatic rings. The van der Waals surface area contributed by atoms with Gasteiger partial charge in [-0.15, -0.1) is 0 Å². The zero-order valence-electron chi connectivity index (χ0n) is 13.4. The molecule has 148 valence electrons. The van der Waals surface area contributed by atoms with E-state index >= 15 is 0 Å². The van der Waals surface area contributed by atoms with E-state index in [2.05, 4.69) is 15.5 Å². The second kappa shape index (κ2) is 6.98. The molecule has 28 heavy (non-hydrogen) atoms. The van der Waals surface area contributed by atoms with Crippen LogP contribution in [-0.2, 0) is 12.7 Å². The van der Waals surface area contributed by atoms with Crippen molar-refractivity contribution in [3.63, 3.8) is 0 Å². The number of halogens is 7. The van der Waals surface area contributed by atoms with Crippen molar-refractivity contribution >= 4 is 11.7 Å². The highest BCUT2D eigenvalue weighted by Gasteiger charge is 2.33. The molecule has 2 heterocycles. The van der Waals surface area contributed by atoms with Gasteiger partial charge in [-0.3, -0.25) is 14.6 Å². The summed E-state index contributed by atoms with van der Waals surface area (Å²) >= 11 is 0. The Morgan fingerprint density at radius 3 is 2.32 bits per heavy atom. The zero-order chi connectivity index (χ0) is 20.6. The van der Waals surface area contributed by atoms with E-state index in [4.69, 9.17) is 0 Å². The van der Waals surface area contributed by atoms with Crippen LogP contribution in [0.3, 0.4) is 0 Å². The highest BCUT2D eigenvalue weighted by Crippen LogP contribution is 2.27. The Bertz CT molecular complexity index is 1010. The summed E-state index contributed by atoms with van der Waals surface area (Å²) < 4.78 is 92.1. The highest BCUT2D eigenvalue weighted by atomic mass is 19.4. The summed E-state index contributed by atoms with van der Waals surface area (Å²) in [5.41, 5.74) is -2.74. The normalized spacial score (nSPS) is 11.7. The summed E-state index contributed by atoms with van der Waals surface area (Å²) in [5.74, 6) is -7.61. The quantitative estimate of drug-likeness (QED) is 0.514. The Labute approximate surface area is 151 Å². The summed E-state index contributed by atoms with van der Waals surface area (Å²) in [4.78, 5) is 11.9. The number of carbonyl (C=O) groups excluding carboxylic acids is 1. The number of alkyl halides is 3. The van der Waals surface area contributed by atoms with Gasteiger partial charge >= 0.3 is 6.18 Å². The number of anilines is 1. The van der Waals surface area contributed by atoms with Crippen LogP contribution in [0.2, 0.25) is 0 Å². The van der Waals surface area contributed by atoms with E-state index < -0.39 is 58.8 Å². The molecule has 2 N–H and O–H groups in total. The fourth-order valence-corrected chi connectivity index (χ4v) is 2.20. The van der Waals surface area contributed by atoms with Gasteiger partial charge in [0, 0.05) is 24.4 Å². The van der Waals surface area contributed by atoms with E-state index in [1.807, 2.05) is 0 Å². The van der Waals surface area contributed by atoms with Gasteiger partial charge in [0.15, 0.2) is 34.8 Å².